The van der Waals surface area contributed by atoms with Gasteiger partial charge in [0.25, 0.3) is 0 Å². The van der Waals surface area contributed by atoms with E-state index in [1.807, 2.05) is 6.21 Å². The summed E-state index contributed by atoms with van der Waals surface area (Å²) >= 11 is 5.38. The highest BCUT2D eigenvalue weighted by Crippen LogP contribution is 2.27. The van der Waals surface area contributed by atoms with Crippen molar-refractivity contribution in [2.45, 2.75) is 26.2 Å². The molecule has 0 radical (unpaired) electrons. The first kappa shape index (κ1) is 16.7. The lowest BCUT2D eigenvalue weighted by atomic mass is 9.96. The first-order valence-corrected chi connectivity index (χ1v) is 8.99. The van der Waals surface area contributed by atoms with Crippen LogP contribution >= 0.6 is 12.2 Å². The molecule has 4 rings (SSSR count). The first-order valence-electron chi connectivity index (χ1n) is 8.58. The van der Waals surface area contributed by atoms with E-state index < -0.39 is 0 Å². The molecule has 130 valence electrons. The molecule has 0 spiro atoms. The van der Waals surface area contributed by atoms with E-state index in [2.05, 4.69) is 85.6 Å². The first-order chi connectivity index (χ1) is 12.4. The van der Waals surface area contributed by atoms with Crippen molar-refractivity contribution >= 4 is 40.0 Å². The zero-order chi connectivity index (χ0) is 18.3. The third-order valence-electron chi connectivity index (χ3n) is 4.44. The molecule has 0 saturated carbocycles. The molecule has 0 saturated heterocycles. The summed E-state index contributed by atoms with van der Waals surface area (Å²) in [5, 5.41) is 16.6. The number of aromatic nitrogens is 3. The molecule has 0 atom stereocenters. The summed E-state index contributed by atoms with van der Waals surface area (Å²) in [5.41, 5.74) is 0.924. The van der Waals surface area contributed by atoms with Crippen molar-refractivity contribution < 1.29 is 0 Å². The summed E-state index contributed by atoms with van der Waals surface area (Å²) < 4.78 is 2.21. The van der Waals surface area contributed by atoms with E-state index >= 15 is 0 Å². The number of aromatic amines is 1. The van der Waals surface area contributed by atoms with Gasteiger partial charge in [0.05, 0.1) is 6.21 Å². The van der Waals surface area contributed by atoms with Crippen LogP contribution in [-0.4, -0.2) is 21.1 Å². The molecular weight excluding hydrogens is 340 g/mol. The fourth-order valence-electron chi connectivity index (χ4n) is 3.19. The lowest BCUT2D eigenvalue weighted by Crippen LogP contribution is -2.17. The van der Waals surface area contributed by atoms with E-state index in [0.29, 0.717) is 4.77 Å². The van der Waals surface area contributed by atoms with Gasteiger partial charge in [0.2, 0.25) is 4.77 Å². The minimum absolute atomic E-state index is 0.161. The Kier molecular flexibility index (Phi) is 3.96. The molecule has 0 aliphatic heterocycles. The second kappa shape index (κ2) is 6.18. The highest BCUT2D eigenvalue weighted by molar-refractivity contribution is 7.71. The standard InChI is InChI=1S/C21H20N4S/c1-21(2,3)19-23-24-20(26)25(19)22-13-18-16-10-6-4-8-14(16)12-15-9-5-7-11-17(15)18/h4-13H,1-3H3,(H,24,26)/b22-13-. The number of hydrogen-bond acceptors (Lipinski definition) is 3. The quantitative estimate of drug-likeness (QED) is 0.294. The van der Waals surface area contributed by atoms with Gasteiger partial charge >= 0.3 is 0 Å². The van der Waals surface area contributed by atoms with Gasteiger partial charge in [-0.2, -0.15) is 14.9 Å². The van der Waals surface area contributed by atoms with Crippen molar-refractivity contribution in [1.29, 1.82) is 0 Å². The average molecular weight is 360 g/mol. The van der Waals surface area contributed by atoms with Crippen molar-refractivity contribution in [2.75, 3.05) is 0 Å². The van der Waals surface area contributed by atoms with Gasteiger partial charge in [0.1, 0.15) is 0 Å². The molecule has 0 bridgehead atoms. The number of nitrogens with one attached hydrogen (secondary N) is 1. The maximum absolute atomic E-state index is 5.38. The normalized spacial score (nSPS) is 12.4. The summed E-state index contributed by atoms with van der Waals surface area (Å²) in [6.07, 6.45) is 1.89. The van der Waals surface area contributed by atoms with Crippen molar-refractivity contribution in [2.24, 2.45) is 5.10 Å². The Morgan fingerprint density at radius 1 is 1.00 bits per heavy atom. The lowest BCUT2D eigenvalue weighted by molar-refractivity contribution is 0.516. The summed E-state index contributed by atoms with van der Waals surface area (Å²) in [4.78, 5) is 0. The second-order valence-corrected chi connectivity index (χ2v) is 7.78. The van der Waals surface area contributed by atoms with Crippen LogP contribution in [0.2, 0.25) is 0 Å². The van der Waals surface area contributed by atoms with Gasteiger partial charge in [0, 0.05) is 11.0 Å². The van der Waals surface area contributed by atoms with E-state index in [1.54, 1.807) is 4.68 Å². The van der Waals surface area contributed by atoms with Gasteiger partial charge in [-0.1, -0.05) is 69.3 Å². The van der Waals surface area contributed by atoms with Crippen molar-refractivity contribution in [1.82, 2.24) is 14.9 Å². The Bertz CT molecular complexity index is 1140. The SMILES string of the molecule is CC(C)(C)c1n[nH]c(=S)n1/N=C\c1c2ccccc2cc2ccccc12. The third kappa shape index (κ3) is 2.84. The minimum atomic E-state index is -0.161. The number of H-pyrrole nitrogens is 1. The monoisotopic (exact) mass is 360 g/mol. The zero-order valence-electron chi connectivity index (χ0n) is 15.0. The number of hydrogen-bond donors (Lipinski definition) is 1. The number of rotatable bonds is 2. The Hall–Kier alpha value is -2.79. The molecule has 4 nitrogen and oxygen atoms in total. The smallest absolute Gasteiger partial charge is 0.216 e. The molecule has 1 heterocycles. The fourth-order valence-corrected chi connectivity index (χ4v) is 3.37. The lowest BCUT2D eigenvalue weighted by Gasteiger charge is -2.16. The summed E-state index contributed by atoms with van der Waals surface area (Å²) in [5.74, 6) is 0.809. The van der Waals surface area contributed by atoms with E-state index in [1.165, 1.54) is 21.5 Å². The Morgan fingerprint density at radius 3 is 2.15 bits per heavy atom. The summed E-state index contributed by atoms with van der Waals surface area (Å²) in [6.45, 7) is 6.28. The molecule has 0 fully saturated rings. The second-order valence-electron chi connectivity index (χ2n) is 7.39. The van der Waals surface area contributed by atoms with E-state index in [4.69, 9.17) is 17.3 Å². The molecule has 0 unspecified atom stereocenters. The van der Waals surface area contributed by atoms with Gasteiger partial charge in [-0.25, -0.2) is 0 Å². The molecule has 5 heteroatoms. The van der Waals surface area contributed by atoms with Crippen LogP contribution in [-0.2, 0) is 5.41 Å². The van der Waals surface area contributed by atoms with Crippen molar-refractivity contribution in [3.05, 3.63) is 70.8 Å². The Morgan fingerprint density at radius 2 is 1.58 bits per heavy atom. The Labute approximate surface area is 157 Å². The molecule has 1 N–H and O–H groups in total. The predicted octanol–water partition coefficient (Wildman–Crippen LogP) is 5.43. The summed E-state index contributed by atoms with van der Waals surface area (Å²) in [6, 6.07) is 18.9. The van der Waals surface area contributed by atoms with E-state index in [-0.39, 0.29) is 5.41 Å². The van der Waals surface area contributed by atoms with Crippen LogP contribution in [0.25, 0.3) is 21.5 Å². The van der Waals surface area contributed by atoms with Crippen LogP contribution in [0.5, 0.6) is 0 Å². The highest BCUT2D eigenvalue weighted by atomic mass is 32.1. The molecular formula is C21H20N4S. The maximum atomic E-state index is 5.38. The molecule has 1 aromatic heterocycles. The van der Waals surface area contributed by atoms with Crippen LogP contribution in [0.3, 0.4) is 0 Å². The third-order valence-corrected chi connectivity index (χ3v) is 4.70. The van der Waals surface area contributed by atoms with Crippen LogP contribution in [0.1, 0.15) is 32.2 Å². The number of fused-ring (bicyclic) bond motifs is 2. The molecule has 4 aromatic rings. The van der Waals surface area contributed by atoms with E-state index in [0.717, 1.165) is 11.4 Å². The van der Waals surface area contributed by atoms with Crippen molar-refractivity contribution in [3.63, 3.8) is 0 Å². The molecule has 0 amide bonds. The molecule has 0 aliphatic rings. The average Bonchev–Trinajstić information content (AvgIpc) is 2.99. The summed E-state index contributed by atoms with van der Waals surface area (Å²) in [7, 11) is 0. The largest absolute Gasteiger partial charge is 0.250 e. The van der Waals surface area contributed by atoms with Crippen molar-refractivity contribution in [3.8, 4) is 0 Å². The van der Waals surface area contributed by atoms with Gasteiger partial charge in [-0.05, 0) is 39.8 Å². The van der Waals surface area contributed by atoms with Gasteiger partial charge in [-0.15, -0.1) is 0 Å². The Balaban J connectivity index is 1.97. The van der Waals surface area contributed by atoms with Crippen LogP contribution < -0.4 is 0 Å². The van der Waals surface area contributed by atoms with Gasteiger partial charge < -0.3 is 0 Å². The molecule has 26 heavy (non-hydrogen) atoms. The molecule has 0 aliphatic carbocycles. The highest BCUT2D eigenvalue weighted by Gasteiger charge is 2.21. The van der Waals surface area contributed by atoms with Crippen LogP contribution in [0, 0.1) is 4.77 Å². The van der Waals surface area contributed by atoms with E-state index in [9.17, 15) is 0 Å². The van der Waals surface area contributed by atoms with Crippen LogP contribution in [0.15, 0.2) is 59.7 Å². The maximum Gasteiger partial charge on any atom is 0.216 e. The number of benzene rings is 3. The zero-order valence-corrected chi connectivity index (χ0v) is 15.8. The fraction of sp³-hybridized carbons (Fsp3) is 0.190. The molecule has 3 aromatic carbocycles. The van der Waals surface area contributed by atoms with Gasteiger partial charge in [-0.3, -0.25) is 5.10 Å². The predicted molar refractivity (Wildman–Crippen MR) is 111 cm³/mol. The minimum Gasteiger partial charge on any atom is -0.250 e. The van der Waals surface area contributed by atoms with Gasteiger partial charge in [0.15, 0.2) is 5.82 Å². The topological polar surface area (TPSA) is 46.0 Å². The number of nitrogens with zero attached hydrogens (tertiary/aromatic N) is 3. The van der Waals surface area contributed by atoms with Crippen LogP contribution in [0.4, 0.5) is 0 Å².